The molecule has 1 aromatic heterocycles. The number of benzene rings is 1. The maximum atomic E-state index is 13.5. The van der Waals surface area contributed by atoms with Crippen molar-refractivity contribution in [1.29, 1.82) is 0 Å². The van der Waals surface area contributed by atoms with E-state index in [0.717, 1.165) is 4.47 Å². The summed E-state index contributed by atoms with van der Waals surface area (Å²) in [4.78, 5) is 4.07. The van der Waals surface area contributed by atoms with E-state index in [1.165, 1.54) is 17.4 Å². The van der Waals surface area contributed by atoms with Crippen molar-refractivity contribution >= 4 is 27.3 Å². The van der Waals surface area contributed by atoms with Crippen LogP contribution in [0.4, 0.5) is 4.39 Å². The molecule has 1 heterocycles. The van der Waals surface area contributed by atoms with Gasteiger partial charge in [0, 0.05) is 15.4 Å². The molecule has 2 aromatic rings. The normalized spacial score (nSPS) is 12.7. The third-order valence-electron chi connectivity index (χ3n) is 2.06. The zero-order valence-corrected chi connectivity index (χ0v) is 10.1. The van der Waals surface area contributed by atoms with Crippen molar-refractivity contribution < 1.29 is 4.39 Å². The van der Waals surface area contributed by atoms with Crippen LogP contribution in [-0.2, 0) is 0 Å². The van der Waals surface area contributed by atoms with E-state index in [0.29, 0.717) is 11.3 Å². The molecule has 0 saturated heterocycles. The van der Waals surface area contributed by atoms with Crippen LogP contribution in [0.1, 0.15) is 17.3 Å². The van der Waals surface area contributed by atoms with Crippen LogP contribution in [0.15, 0.2) is 33.6 Å². The van der Waals surface area contributed by atoms with Crippen LogP contribution in [-0.4, -0.2) is 4.98 Å². The maximum Gasteiger partial charge on any atom is 0.128 e. The minimum absolute atomic E-state index is 0.307. The van der Waals surface area contributed by atoms with E-state index in [1.807, 2.05) is 5.38 Å². The summed E-state index contributed by atoms with van der Waals surface area (Å²) >= 11 is 4.74. The van der Waals surface area contributed by atoms with Crippen molar-refractivity contribution in [3.8, 4) is 0 Å². The van der Waals surface area contributed by atoms with Crippen LogP contribution in [0.25, 0.3) is 0 Å². The van der Waals surface area contributed by atoms with Gasteiger partial charge in [0.25, 0.3) is 0 Å². The molecule has 2 N–H and O–H groups in total. The number of rotatable bonds is 2. The lowest BCUT2D eigenvalue weighted by Gasteiger charge is -2.10. The molecule has 2 rings (SSSR count). The Morgan fingerprint density at radius 3 is 2.93 bits per heavy atom. The molecular weight excluding hydrogens is 279 g/mol. The van der Waals surface area contributed by atoms with E-state index in [-0.39, 0.29) is 5.82 Å². The molecule has 0 bridgehead atoms. The lowest BCUT2D eigenvalue weighted by atomic mass is 10.1. The Balaban J connectivity index is 2.41. The molecule has 0 aliphatic rings. The standard InChI is InChI=1S/C10H8BrFN2S/c11-6-1-2-8(12)7(3-6)10(13)9-4-15-5-14-9/h1-5,10H,13H2. The summed E-state index contributed by atoms with van der Waals surface area (Å²) in [6.45, 7) is 0. The average molecular weight is 287 g/mol. The summed E-state index contributed by atoms with van der Waals surface area (Å²) in [5, 5.41) is 1.82. The Bertz CT molecular complexity index is 458. The van der Waals surface area contributed by atoms with Crippen molar-refractivity contribution in [2.75, 3.05) is 0 Å². The van der Waals surface area contributed by atoms with Gasteiger partial charge in [-0.25, -0.2) is 9.37 Å². The Morgan fingerprint density at radius 2 is 2.27 bits per heavy atom. The molecule has 0 aliphatic carbocycles. The van der Waals surface area contributed by atoms with E-state index in [1.54, 1.807) is 17.6 Å². The molecule has 78 valence electrons. The molecule has 0 saturated carbocycles. The largest absolute Gasteiger partial charge is 0.319 e. The summed E-state index contributed by atoms with van der Waals surface area (Å²) < 4.78 is 14.3. The number of nitrogens with zero attached hydrogens (tertiary/aromatic N) is 1. The third kappa shape index (κ3) is 2.25. The number of hydrogen-bond donors (Lipinski definition) is 1. The predicted molar refractivity (Wildman–Crippen MR) is 62.2 cm³/mol. The second-order valence-electron chi connectivity index (χ2n) is 3.06. The molecule has 5 heteroatoms. The van der Waals surface area contributed by atoms with Crippen molar-refractivity contribution in [2.24, 2.45) is 5.73 Å². The fourth-order valence-corrected chi connectivity index (χ4v) is 2.26. The predicted octanol–water partition coefficient (Wildman–Crippen LogP) is 3.09. The second-order valence-corrected chi connectivity index (χ2v) is 4.69. The van der Waals surface area contributed by atoms with Crippen molar-refractivity contribution in [1.82, 2.24) is 4.98 Å². The highest BCUT2D eigenvalue weighted by molar-refractivity contribution is 9.10. The van der Waals surface area contributed by atoms with Gasteiger partial charge in [-0.05, 0) is 18.2 Å². The number of thiazole rings is 1. The van der Waals surface area contributed by atoms with Gasteiger partial charge in [0.1, 0.15) is 5.82 Å². The minimum atomic E-state index is -0.506. The fraction of sp³-hybridized carbons (Fsp3) is 0.100. The molecule has 0 aliphatic heterocycles. The summed E-state index contributed by atoms with van der Waals surface area (Å²) in [6, 6.07) is 4.21. The van der Waals surface area contributed by atoms with Gasteiger partial charge in [-0.2, -0.15) is 0 Å². The van der Waals surface area contributed by atoms with Gasteiger partial charge in [-0.15, -0.1) is 11.3 Å². The quantitative estimate of drug-likeness (QED) is 0.921. The highest BCUT2D eigenvalue weighted by atomic mass is 79.9. The lowest BCUT2D eigenvalue weighted by Crippen LogP contribution is -2.13. The Labute approximate surface area is 99.1 Å². The molecule has 2 nitrogen and oxygen atoms in total. The minimum Gasteiger partial charge on any atom is -0.319 e. The van der Waals surface area contributed by atoms with Crippen LogP contribution in [0, 0.1) is 5.82 Å². The first kappa shape index (κ1) is 10.7. The number of nitrogens with two attached hydrogens (primary N) is 1. The van der Waals surface area contributed by atoms with Crippen LogP contribution < -0.4 is 5.73 Å². The first-order valence-electron chi connectivity index (χ1n) is 4.27. The molecular formula is C10H8BrFN2S. The van der Waals surface area contributed by atoms with Gasteiger partial charge in [-0.1, -0.05) is 15.9 Å². The molecule has 0 amide bonds. The Morgan fingerprint density at radius 1 is 1.47 bits per heavy atom. The van der Waals surface area contributed by atoms with Crippen LogP contribution in [0.5, 0.6) is 0 Å². The van der Waals surface area contributed by atoms with Crippen molar-refractivity contribution in [3.05, 3.63) is 50.6 Å². The highest BCUT2D eigenvalue weighted by Gasteiger charge is 2.15. The molecule has 15 heavy (non-hydrogen) atoms. The maximum absolute atomic E-state index is 13.5. The van der Waals surface area contributed by atoms with Gasteiger partial charge in [0.15, 0.2) is 0 Å². The van der Waals surface area contributed by atoms with Crippen molar-refractivity contribution in [3.63, 3.8) is 0 Å². The van der Waals surface area contributed by atoms with Gasteiger partial charge in [-0.3, -0.25) is 0 Å². The first-order valence-corrected chi connectivity index (χ1v) is 6.00. The molecule has 1 aromatic carbocycles. The SMILES string of the molecule is NC(c1cscn1)c1cc(Br)ccc1F. The van der Waals surface area contributed by atoms with Gasteiger partial charge < -0.3 is 5.73 Å². The molecule has 1 unspecified atom stereocenters. The Kier molecular flexibility index (Phi) is 3.14. The third-order valence-corrected chi connectivity index (χ3v) is 3.16. The number of halogens is 2. The topological polar surface area (TPSA) is 38.9 Å². The zero-order valence-electron chi connectivity index (χ0n) is 7.65. The fourth-order valence-electron chi connectivity index (χ4n) is 1.29. The van der Waals surface area contributed by atoms with Gasteiger partial charge in [0.2, 0.25) is 0 Å². The monoisotopic (exact) mass is 286 g/mol. The Hall–Kier alpha value is -0.780. The van der Waals surface area contributed by atoms with E-state index in [9.17, 15) is 4.39 Å². The van der Waals surface area contributed by atoms with E-state index in [2.05, 4.69) is 20.9 Å². The molecule has 1 atom stereocenters. The summed E-state index contributed by atoms with van der Waals surface area (Å²) in [7, 11) is 0. The first-order chi connectivity index (χ1) is 7.18. The lowest BCUT2D eigenvalue weighted by molar-refractivity contribution is 0.597. The van der Waals surface area contributed by atoms with Crippen LogP contribution >= 0.6 is 27.3 Å². The smallest absolute Gasteiger partial charge is 0.128 e. The molecule has 0 spiro atoms. The summed E-state index contributed by atoms with van der Waals surface area (Å²) in [5.74, 6) is -0.307. The van der Waals surface area contributed by atoms with Gasteiger partial charge in [0.05, 0.1) is 17.2 Å². The zero-order chi connectivity index (χ0) is 10.8. The molecule has 0 radical (unpaired) electrons. The van der Waals surface area contributed by atoms with E-state index >= 15 is 0 Å². The summed E-state index contributed by atoms with van der Waals surface area (Å²) in [6.07, 6.45) is 0. The van der Waals surface area contributed by atoms with Crippen LogP contribution in [0.2, 0.25) is 0 Å². The van der Waals surface area contributed by atoms with Gasteiger partial charge >= 0.3 is 0 Å². The van der Waals surface area contributed by atoms with Crippen LogP contribution in [0.3, 0.4) is 0 Å². The molecule has 0 fully saturated rings. The number of aromatic nitrogens is 1. The average Bonchev–Trinajstić information content (AvgIpc) is 2.74. The summed E-state index contributed by atoms with van der Waals surface area (Å²) in [5.41, 5.74) is 8.75. The van der Waals surface area contributed by atoms with E-state index < -0.39 is 6.04 Å². The van der Waals surface area contributed by atoms with Crippen molar-refractivity contribution in [2.45, 2.75) is 6.04 Å². The van der Waals surface area contributed by atoms with E-state index in [4.69, 9.17) is 5.73 Å². The second kappa shape index (κ2) is 4.38. The number of hydrogen-bond acceptors (Lipinski definition) is 3. The highest BCUT2D eigenvalue weighted by Crippen LogP contribution is 2.24.